The van der Waals surface area contributed by atoms with E-state index in [9.17, 15) is 0 Å². The Hall–Kier alpha value is -1.96. The lowest BCUT2D eigenvalue weighted by Gasteiger charge is -2.28. The van der Waals surface area contributed by atoms with Gasteiger partial charge >= 0.3 is 0 Å². The van der Waals surface area contributed by atoms with E-state index in [1.807, 2.05) is 0 Å². The van der Waals surface area contributed by atoms with Crippen LogP contribution in [0.5, 0.6) is 5.75 Å². The van der Waals surface area contributed by atoms with Crippen molar-refractivity contribution in [3.63, 3.8) is 0 Å². The number of benzene rings is 2. The molecule has 0 spiro atoms. The summed E-state index contributed by atoms with van der Waals surface area (Å²) in [5.74, 6) is 0.960. The smallest absolute Gasteiger partial charge is 0.142 e. The molecule has 1 heterocycles. The number of ether oxygens (including phenoxy) is 1. The number of hydrogen-bond acceptors (Lipinski definition) is 2. The van der Waals surface area contributed by atoms with Crippen LogP contribution in [0.4, 0.5) is 5.69 Å². The molecule has 0 fully saturated rings. The minimum Gasteiger partial charge on any atom is -0.489 e. The van der Waals surface area contributed by atoms with Gasteiger partial charge in [0, 0.05) is 0 Å². The van der Waals surface area contributed by atoms with Crippen molar-refractivity contribution in [3.8, 4) is 5.75 Å². The van der Waals surface area contributed by atoms with Gasteiger partial charge in [0.05, 0.1) is 11.7 Å². The molecule has 0 aliphatic carbocycles. The van der Waals surface area contributed by atoms with Crippen LogP contribution in [0.1, 0.15) is 29.7 Å². The van der Waals surface area contributed by atoms with Gasteiger partial charge in [0.25, 0.3) is 0 Å². The van der Waals surface area contributed by atoms with Gasteiger partial charge in [-0.3, -0.25) is 0 Å². The summed E-state index contributed by atoms with van der Waals surface area (Å²) in [7, 11) is 0. The van der Waals surface area contributed by atoms with E-state index in [1.165, 1.54) is 16.7 Å². The Balaban J connectivity index is 1.82. The molecule has 0 unspecified atom stereocenters. The van der Waals surface area contributed by atoms with E-state index in [-0.39, 0.29) is 6.04 Å². The SMILES string of the molecule is CCc1ccc([C@@H]2COc3cc(C)ccc3N2)cc1. The molecule has 2 aromatic rings. The minimum absolute atomic E-state index is 0.237. The Morgan fingerprint density at radius 1 is 1.16 bits per heavy atom. The number of anilines is 1. The fourth-order valence-corrected chi connectivity index (χ4v) is 2.44. The van der Waals surface area contributed by atoms with Crippen LogP contribution in [0, 0.1) is 6.92 Å². The number of aryl methyl sites for hydroxylation is 2. The van der Waals surface area contributed by atoms with Crippen LogP contribution in [-0.4, -0.2) is 6.61 Å². The van der Waals surface area contributed by atoms with Crippen LogP contribution in [0.15, 0.2) is 42.5 Å². The van der Waals surface area contributed by atoms with Crippen LogP contribution in [0.2, 0.25) is 0 Å². The van der Waals surface area contributed by atoms with E-state index in [0.29, 0.717) is 6.61 Å². The largest absolute Gasteiger partial charge is 0.489 e. The van der Waals surface area contributed by atoms with Gasteiger partial charge in [-0.15, -0.1) is 0 Å². The summed E-state index contributed by atoms with van der Waals surface area (Å²) < 4.78 is 5.87. The van der Waals surface area contributed by atoms with Crippen molar-refractivity contribution in [1.82, 2.24) is 0 Å². The van der Waals surface area contributed by atoms with E-state index in [4.69, 9.17) is 4.74 Å². The van der Waals surface area contributed by atoms with Crippen LogP contribution in [0.25, 0.3) is 0 Å². The zero-order chi connectivity index (χ0) is 13.2. The van der Waals surface area contributed by atoms with Gasteiger partial charge in [-0.2, -0.15) is 0 Å². The van der Waals surface area contributed by atoms with Gasteiger partial charge in [0.2, 0.25) is 0 Å². The standard InChI is InChI=1S/C17H19NO/c1-3-13-5-7-14(8-6-13)16-11-19-17-10-12(2)4-9-15(17)18-16/h4-10,16,18H,3,11H2,1-2H3/t16-/m0/s1. The maximum atomic E-state index is 5.87. The maximum absolute atomic E-state index is 5.87. The first-order valence-corrected chi connectivity index (χ1v) is 6.85. The Morgan fingerprint density at radius 3 is 2.68 bits per heavy atom. The molecule has 0 saturated carbocycles. The lowest BCUT2D eigenvalue weighted by molar-refractivity contribution is 0.286. The molecule has 0 bridgehead atoms. The lowest BCUT2D eigenvalue weighted by Crippen LogP contribution is -2.23. The predicted octanol–water partition coefficient (Wildman–Crippen LogP) is 4.10. The first-order chi connectivity index (χ1) is 9.26. The fourth-order valence-electron chi connectivity index (χ4n) is 2.44. The second-order valence-corrected chi connectivity index (χ2v) is 5.10. The van der Waals surface area contributed by atoms with Gasteiger partial charge in [0.15, 0.2) is 0 Å². The molecule has 0 aromatic heterocycles. The number of fused-ring (bicyclic) bond motifs is 1. The van der Waals surface area contributed by atoms with E-state index in [1.54, 1.807) is 0 Å². The molecule has 19 heavy (non-hydrogen) atoms. The summed E-state index contributed by atoms with van der Waals surface area (Å²) in [5.41, 5.74) is 4.97. The number of rotatable bonds is 2. The van der Waals surface area contributed by atoms with Gasteiger partial charge in [-0.25, -0.2) is 0 Å². The molecule has 1 aliphatic heterocycles. The summed E-state index contributed by atoms with van der Waals surface area (Å²) >= 11 is 0. The van der Waals surface area contributed by atoms with Crippen molar-refractivity contribution >= 4 is 5.69 Å². The summed E-state index contributed by atoms with van der Waals surface area (Å²) in [6.07, 6.45) is 1.08. The fraction of sp³-hybridized carbons (Fsp3) is 0.294. The molecule has 98 valence electrons. The summed E-state index contributed by atoms with van der Waals surface area (Å²) in [4.78, 5) is 0. The minimum atomic E-state index is 0.237. The molecule has 0 saturated heterocycles. The van der Waals surface area contributed by atoms with Crippen molar-refractivity contribution in [3.05, 3.63) is 59.2 Å². The third-order valence-corrected chi connectivity index (χ3v) is 3.66. The normalized spacial score (nSPS) is 17.3. The highest BCUT2D eigenvalue weighted by molar-refractivity contribution is 5.60. The molecular weight excluding hydrogens is 234 g/mol. The van der Waals surface area contributed by atoms with E-state index < -0.39 is 0 Å². The molecule has 2 nitrogen and oxygen atoms in total. The number of hydrogen-bond donors (Lipinski definition) is 1. The molecule has 2 aromatic carbocycles. The number of nitrogens with one attached hydrogen (secondary N) is 1. The molecule has 1 atom stereocenters. The molecule has 2 heteroatoms. The topological polar surface area (TPSA) is 21.3 Å². The highest BCUT2D eigenvalue weighted by Crippen LogP contribution is 2.34. The first-order valence-electron chi connectivity index (χ1n) is 6.85. The van der Waals surface area contributed by atoms with E-state index in [0.717, 1.165) is 17.9 Å². The van der Waals surface area contributed by atoms with Gasteiger partial charge in [-0.1, -0.05) is 37.3 Å². The molecule has 0 amide bonds. The van der Waals surface area contributed by atoms with Crippen molar-refractivity contribution < 1.29 is 4.74 Å². The highest BCUT2D eigenvalue weighted by atomic mass is 16.5. The summed E-state index contributed by atoms with van der Waals surface area (Å²) in [5, 5.41) is 3.55. The first kappa shape index (κ1) is 12.1. The molecule has 1 aliphatic rings. The van der Waals surface area contributed by atoms with Crippen molar-refractivity contribution in [1.29, 1.82) is 0 Å². The molecule has 0 radical (unpaired) electrons. The molecule has 3 rings (SSSR count). The third-order valence-electron chi connectivity index (χ3n) is 3.66. The Morgan fingerprint density at radius 2 is 1.95 bits per heavy atom. The second-order valence-electron chi connectivity index (χ2n) is 5.10. The second kappa shape index (κ2) is 4.96. The predicted molar refractivity (Wildman–Crippen MR) is 78.9 cm³/mol. The lowest BCUT2D eigenvalue weighted by atomic mass is 10.0. The van der Waals surface area contributed by atoms with Gasteiger partial charge in [0.1, 0.15) is 12.4 Å². The van der Waals surface area contributed by atoms with Crippen LogP contribution in [0.3, 0.4) is 0 Å². The average Bonchev–Trinajstić information content (AvgIpc) is 2.47. The van der Waals surface area contributed by atoms with Crippen LogP contribution >= 0.6 is 0 Å². The monoisotopic (exact) mass is 253 g/mol. The van der Waals surface area contributed by atoms with E-state index >= 15 is 0 Å². The van der Waals surface area contributed by atoms with Crippen molar-refractivity contribution in [2.24, 2.45) is 0 Å². The Labute approximate surface area is 114 Å². The van der Waals surface area contributed by atoms with Crippen molar-refractivity contribution in [2.75, 3.05) is 11.9 Å². The van der Waals surface area contributed by atoms with Gasteiger partial charge < -0.3 is 10.1 Å². The average molecular weight is 253 g/mol. The maximum Gasteiger partial charge on any atom is 0.142 e. The molecule has 1 N–H and O–H groups in total. The zero-order valence-electron chi connectivity index (χ0n) is 11.4. The molecular formula is C17H19NO. The summed E-state index contributed by atoms with van der Waals surface area (Å²) in [6.45, 7) is 4.94. The van der Waals surface area contributed by atoms with Crippen LogP contribution < -0.4 is 10.1 Å². The van der Waals surface area contributed by atoms with Gasteiger partial charge in [-0.05, 0) is 42.2 Å². The Bertz CT molecular complexity index is 574. The van der Waals surface area contributed by atoms with Crippen molar-refractivity contribution in [2.45, 2.75) is 26.3 Å². The highest BCUT2D eigenvalue weighted by Gasteiger charge is 2.20. The van der Waals surface area contributed by atoms with Crippen LogP contribution in [-0.2, 0) is 6.42 Å². The summed E-state index contributed by atoms with van der Waals surface area (Å²) in [6, 6.07) is 15.3. The van der Waals surface area contributed by atoms with E-state index in [2.05, 4.69) is 61.6 Å². The quantitative estimate of drug-likeness (QED) is 0.870. The Kier molecular flexibility index (Phi) is 3.16. The zero-order valence-corrected chi connectivity index (χ0v) is 11.4. The third kappa shape index (κ3) is 2.43.